The van der Waals surface area contributed by atoms with Crippen LogP contribution in [0.1, 0.15) is 5.69 Å². The Labute approximate surface area is 122 Å². The van der Waals surface area contributed by atoms with Crippen LogP contribution in [0.3, 0.4) is 0 Å². The van der Waals surface area contributed by atoms with E-state index in [2.05, 4.69) is 15.3 Å². The average Bonchev–Trinajstić information content (AvgIpc) is 2.46. The lowest BCUT2D eigenvalue weighted by Crippen LogP contribution is -1.99. The Morgan fingerprint density at radius 1 is 1.05 bits per heavy atom. The van der Waals surface area contributed by atoms with Crippen LogP contribution in [0, 0.1) is 6.92 Å². The van der Waals surface area contributed by atoms with E-state index >= 15 is 0 Å². The highest BCUT2D eigenvalue weighted by Crippen LogP contribution is 2.31. The molecule has 0 unspecified atom stereocenters. The minimum Gasteiger partial charge on any atom is -0.493 e. The van der Waals surface area contributed by atoms with Crippen LogP contribution in [0.2, 0.25) is 0 Å². The Morgan fingerprint density at radius 3 is 2.45 bits per heavy atom. The fourth-order valence-corrected chi connectivity index (χ4v) is 2.18. The number of anilines is 2. The van der Waals surface area contributed by atoms with Gasteiger partial charge in [-0.05, 0) is 25.3 Å². The van der Waals surface area contributed by atoms with Crippen LogP contribution in [0.15, 0.2) is 29.4 Å². The first-order valence-corrected chi connectivity index (χ1v) is 7.27. The molecule has 0 radical (unpaired) electrons. The molecule has 0 amide bonds. The van der Waals surface area contributed by atoms with E-state index < -0.39 is 0 Å². The molecule has 0 saturated heterocycles. The van der Waals surface area contributed by atoms with Gasteiger partial charge in [0.2, 0.25) is 0 Å². The van der Waals surface area contributed by atoms with Gasteiger partial charge < -0.3 is 14.8 Å². The van der Waals surface area contributed by atoms with Crippen LogP contribution >= 0.6 is 11.8 Å². The van der Waals surface area contributed by atoms with E-state index in [1.54, 1.807) is 14.2 Å². The Hall–Kier alpha value is -1.95. The van der Waals surface area contributed by atoms with Crippen LogP contribution in [-0.4, -0.2) is 30.4 Å². The Morgan fingerprint density at radius 2 is 1.80 bits per heavy atom. The van der Waals surface area contributed by atoms with E-state index in [0.29, 0.717) is 11.5 Å². The van der Waals surface area contributed by atoms with E-state index in [-0.39, 0.29) is 0 Å². The highest BCUT2D eigenvalue weighted by atomic mass is 32.2. The van der Waals surface area contributed by atoms with Crippen molar-refractivity contribution in [2.75, 3.05) is 25.8 Å². The van der Waals surface area contributed by atoms with Crippen molar-refractivity contribution in [3.63, 3.8) is 0 Å². The van der Waals surface area contributed by atoms with E-state index in [9.17, 15) is 0 Å². The highest BCUT2D eigenvalue weighted by molar-refractivity contribution is 7.98. The number of aryl methyl sites for hydroxylation is 1. The second kappa shape index (κ2) is 6.47. The van der Waals surface area contributed by atoms with Crippen molar-refractivity contribution in [3.8, 4) is 11.5 Å². The summed E-state index contributed by atoms with van der Waals surface area (Å²) in [7, 11) is 3.23. The molecule has 1 aromatic heterocycles. The molecule has 0 bridgehead atoms. The molecule has 5 nitrogen and oxygen atoms in total. The van der Waals surface area contributed by atoms with Crippen LogP contribution < -0.4 is 14.8 Å². The van der Waals surface area contributed by atoms with Crippen LogP contribution in [0.4, 0.5) is 11.5 Å². The fraction of sp³-hybridized carbons (Fsp3) is 0.286. The SMILES string of the molecule is COc1ccc(Nc2cc(C)nc(SC)n2)cc1OC. The van der Waals surface area contributed by atoms with Crippen molar-refractivity contribution in [2.45, 2.75) is 12.1 Å². The van der Waals surface area contributed by atoms with Gasteiger partial charge in [-0.3, -0.25) is 0 Å². The molecule has 0 saturated carbocycles. The van der Waals surface area contributed by atoms with Gasteiger partial charge in [-0.25, -0.2) is 9.97 Å². The second-order valence-electron chi connectivity index (χ2n) is 4.08. The van der Waals surface area contributed by atoms with Gasteiger partial charge in [0.15, 0.2) is 16.7 Å². The van der Waals surface area contributed by atoms with E-state index in [1.165, 1.54) is 11.8 Å². The molecular weight excluding hydrogens is 274 g/mol. The number of rotatable bonds is 5. The summed E-state index contributed by atoms with van der Waals surface area (Å²) < 4.78 is 10.5. The van der Waals surface area contributed by atoms with Crippen molar-refractivity contribution in [2.24, 2.45) is 0 Å². The number of hydrogen-bond donors (Lipinski definition) is 1. The van der Waals surface area contributed by atoms with Crippen molar-refractivity contribution >= 4 is 23.3 Å². The van der Waals surface area contributed by atoms with Gasteiger partial charge in [0.25, 0.3) is 0 Å². The Balaban J connectivity index is 2.27. The van der Waals surface area contributed by atoms with Crippen LogP contribution in [-0.2, 0) is 0 Å². The first-order chi connectivity index (χ1) is 9.66. The molecule has 20 heavy (non-hydrogen) atoms. The number of aromatic nitrogens is 2. The largest absolute Gasteiger partial charge is 0.493 e. The summed E-state index contributed by atoms with van der Waals surface area (Å²) in [5.41, 5.74) is 1.81. The van der Waals surface area contributed by atoms with Crippen molar-refractivity contribution in [1.29, 1.82) is 0 Å². The smallest absolute Gasteiger partial charge is 0.189 e. The summed E-state index contributed by atoms with van der Waals surface area (Å²) in [6.45, 7) is 1.95. The first-order valence-electron chi connectivity index (χ1n) is 6.05. The number of methoxy groups -OCH3 is 2. The number of benzene rings is 1. The second-order valence-corrected chi connectivity index (χ2v) is 4.85. The zero-order chi connectivity index (χ0) is 14.5. The molecule has 1 heterocycles. The maximum atomic E-state index is 5.28. The average molecular weight is 291 g/mol. The molecule has 0 atom stereocenters. The fourth-order valence-electron chi connectivity index (χ4n) is 1.76. The topological polar surface area (TPSA) is 56.3 Å². The third kappa shape index (κ3) is 3.33. The predicted molar refractivity (Wildman–Crippen MR) is 81.4 cm³/mol. The van der Waals surface area contributed by atoms with Gasteiger partial charge in [-0.2, -0.15) is 0 Å². The van der Waals surface area contributed by atoms with Gasteiger partial charge >= 0.3 is 0 Å². The minimum absolute atomic E-state index is 0.674. The third-order valence-electron chi connectivity index (χ3n) is 2.67. The Bertz CT molecular complexity index is 605. The maximum Gasteiger partial charge on any atom is 0.189 e. The molecule has 2 aromatic rings. The summed E-state index contributed by atoms with van der Waals surface area (Å²) in [5.74, 6) is 2.13. The van der Waals surface area contributed by atoms with E-state index in [4.69, 9.17) is 9.47 Å². The molecule has 1 aromatic carbocycles. The van der Waals surface area contributed by atoms with Gasteiger partial charge in [-0.1, -0.05) is 11.8 Å². The molecule has 0 spiro atoms. The number of nitrogens with one attached hydrogen (secondary N) is 1. The molecule has 0 aliphatic rings. The molecular formula is C14H17N3O2S. The molecule has 6 heteroatoms. The standard InChI is InChI=1S/C14H17N3O2S/c1-9-7-13(17-14(15-9)20-4)16-10-5-6-11(18-2)12(8-10)19-3/h5-8H,1-4H3,(H,15,16,17). The first kappa shape index (κ1) is 14.5. The lowest BCUT2D eigenvalue weighted by atomic mass is 10.2. The van der Waals surface area contributed by atoms with Gasteiger partial charge in [0.1, 0.15) is 5.82 Å². The molecule has 2 rings (SSSR count). The maximum absolute atomic E-state index is 5.28. The third-order valence-corrected chi connectivity index (χ3v) is 3.22. The van der Waals surface area contributed by atoms with E-state index in [1.807, 2.05) is 37.4 Å². The summed E-state index contributed by atoms with van der Waals surface area (Å²) in [6, 6.07) is 7.54. The van der Waals surface area contributed by atoms with Crippen LogP contribution in [0.5, 0.6) is 11.5 Å². The summed E-state index contributed by atoms with van der Waals surface area (Å²) >= 11 is 1.51. The minimum atomic E-state index is 0.674. The number of hydrogen-bond acceptors (Lipinski definition) is 6. The quantitative estimate of drug-likeness (QED) is 0.674. The lowest BCUT2D eigenvalue weighted by Gasteiger charge is -2.11. The Kier molecular flexibility index (Phi) is 4.68. The normalized spacial score (nSPS) is 10.2. The molecule has 0 fully saturated rings. The monoisotopic (exact) mass is 291 g/mol. The number of ether oxygens (including phenoxy) is 2. The molecule has 1 N–H and O–H groups in total. The van der Waals surface area contributed by atoms with Gasteiger partial charge in [0, 0.05) is 23.5 Å². The van der Waals surface area contributed by atoms with E-state index in [0.717, 1.165) is 22.4 Å². The molecule has 0 aliphatic heterocycles. The molecule has 106 valence electrons. The van der Waals surface area contributed by atoms with Crippen LogP contribution in [0.25, 0.3) is 0 Å². The summed E-state index contributed by atoms with van der Waals surface area (Å²) in [6.07, 6.45) is 1.95. The van der Waals surface area contributed by atoms with Gasteiger partial charge in [0.05, 0.1) is 14.2 Å². The molecule has 0 aliphatic carbocycles. The highest BCUT2D eigenvalue weighted by Gasteiger charge is 2.06. The van der Waals surface area contributed by atoms with Crippen molar-refractivity contribution in [3.05, 3.63) is 30.0 Å². The van der Waals surface area contributed by atoms with Gasteiger partial charge in [-0.15, -0.1) is 0 Å². The zero-order valence-corrected chi connectivity index (χ0v) is 12.7. The summed E-state index contributed by atoms with van der Waals surface area (Å²) in [4.78, 5) is 8.74. The number of nitrogens with zero attached hydrogens (tertiary/aromatic N) is 2. The van der Waals surface area contributed by atoms with Crippen molar-refractivity contribution in [1.82, 2.24) is 9.97 Å². The predicted octanol–water partition coefficient (Wildman–Crippen LogP) is 3.27. The number of thioether (sulfide) groups is 1. The lowest BCUT2D eigenvalue weighted by molar-refractivity contribution is 0.355. The van der Waals surface area contributed by atoms with Crippen molar-refractivity contribution < 1.29 is 9.47 Å². The zero-order valence-electron chi connectivity index (χ0n) is 11.9. The summed E-state index contributed by atoms with van der Waals surface area (Å²) in [5, 5.41) is 3.99.